The summed E-state index contributed by atoms with van der Waals surface area (Å²) < 4.78 is 0. The lowest BCUT2D eigenvalue weighted by Crippen LogP contribution is -1.87. The van der Waals surface area contributed by atoms with Gasteiger partial charge in [-0.25, -0.2) is 0 Å². The molecule has 0 bridgehead atoms. The minimum atomic E-state index is 0.262. The minimum Gasteiger partial charge on any atom is -0.295 e. The molecule has 0 aromatic heterocycles. The van der Waals surface area contributed by atoms with E-state index >= 15 is 0 Å². The first-order valence-corrected chi connectivity index (χ1v) is 5.50. The summed E-state index contributed by atoms with van der Waals surface area (Å²) in [5, 5.41) is 0. The van der Waals surface area contributed by atoms with Crippen LogP contribution in [-0.2, 0) is 4.79 Å². The molecule has 0 N–H and O–H groups in total. The van der Waals surface area contributed by atoms with Gasteiger partial charge in [0.2, 0.25) is 0 Å². The number of carbonyl (C=O) groups is 1. The van der Waals surface area contributed by atoms with Gasteiger partial charge in [0.1, 0.15) is 0 Å². The smallest absolute Gasteiger partial charge is 0.156 e. The normalized spacial score (nSPS) is 15.9. The summed E-state index contributed by atoms with van der Waals surface area (Å²) in [5.41, 5.74) is 3.74. The van der Waals surface area contributed by atoms with Gasteiger partial charge < -0.3 is 0 Å². The molecular weight excluding hydrogens is 184 g/mol. The van der Waals surface area contributed by atoms with Crippen molar-refractivity contribution in [2.75, 3.05) is 0 Å². The summed E-state index contributed by atoms with van der Waals surface area (Å²) in [4.78, 5) is 11.1. The van der Waals surface area contributed by atoms with E-state index in [1.165, 1.54) is 16.7 Å². The maximum absolute atomic E-state index is 11.1. The van der Waals surface area contributed by atoms with Gasteiger partial charge in [-0.15, -0.1) is 0 Å². The zero-order valence-corrected chi connectivity index (χ0v) is 9.29. The Kier molecular flexibility index (Phi) is 2.72. The Morgan fingerprint density at radius 1 is 1.07 bits per heavy atom. The van der Waals surface area contributed by atoms with Crippen LogP contribution >= 0.6 is 0 Å². The highest BCUT2D eigenvalue weighted by atomic mass is 16.1. The Morgan fingerprint density at radius 3 is 2.20 bits per heavy atom. The number of carbonyl (C=O) groups excluding carboxylic acids is 1. The second-order valence-electron chi connectivity index (χ2n) is 4.41. The van der Waals surface area contributed by atoms with Crippen molar-refractivity contribution in [1.29, 1.82) is 0 Å². The Labute approximate surface area is 90.8 Å². The van der Waals surface area contributed by atoms with Crippen molar-refractivity contribution in [2.24, 2.45) is 0 Å². The number of hydrogen-bond donors (Lipinski definition) is 0. The van der Waals surface area contributed by atoms with E-state index in [0.29, 0.717) is 12.3 Å². The summed E-state index contributed by atoms with van der Waals surface area (Å²) in [6.07, 6.45) is 3.37. The lowest BCUT2D eigenvalue weighted by atomic mass is 9.99. The number of hydrogen-bond acceptors (Lipinski definition) is 1. The van der Waals surface area contributed by atoms with E-state index in [9.17, 15) is 4.79 Å². The van der Waals surface area contributed by atoms with E-state index in [0.717, 1.165) is 6.42 Å². The molecule has 0 saturated carbocycles. The van der Waals surface area contributed by atoms with Gasteiger partial charge in [0, 0.05) is 6.42 Å². The second kappa shape index (κ2) is 4.01. The molecule has 1 heteroatoms. The van der Waals surface area contributed by atoms with Crippen molar-refractivity contribution in [1.82, 2.24) is 0 Å². The van der Waals surface area contributed by atoms with E-state index < -0.39 is 0 Å². The van der Waals surface area contributed by atoms with Crippen molar-refractivity contribution in [3.63, 3.8) is 0 Å². The third-order valence-corrected chi connectivity index (χ3v) is 2.92. The van der Waals surface area contributed by atoms with Crippen LogP contribution in [0.15, 0.2) is 30.3 Å². The molecule has 0 aliphatic heterocycles. The Morgan fingerprint density at radius 2 is 1.73 bits per heavy atom. The van der Waals surface area contributed by atoms with Crippen LogP contribution in [0.4, 0.5) is 0 Å². The van der Waals surface area contributed by atoms with Gasteiger partial charge in [-0.2, -0.15) is 0 Å². The van der Waals surface area contributed by atoms with Crippen LogP contribution in [-0.4, -0.2) is 5.78 Å². The Bertz CT molecular complexity index is 396. The average molecular weight is 200 g/mol. The molecule has 0 fully saturated rings. The van der Waals surface area contributed by atoms with Crippen molar-refractivity contribution < 1.29 is 4.79 Å². The van der Waals surface area contributed by atoms with Crippen LogP contribution in [0, 0.1) is 0 Å². The third kappa shape index (κ3) is 2.17. The molecule has 1 aliphatic carbocycles. The molecule has 15 heavy (non-hydrogen) atoms. The molecule has 1 aliphatic rings. The van der Waals surface area contributed by atoms with Crippen molar-refractivity contribution in [3.8, 4) is 0 Å². The first-order valence-electron chi connectivity index (χ1n) is 5.50. The number of benzene rings is 1. The van der Waals surface area contributed by atoms with Gasteiger partial charge in [-0.1, -0.05) is 38.1 Å². The molecule has 0 amide bonds. The van der Waals surface area contributed by atoms with Crippen LogP contribution in [0.1, 0.15) is 43.7 Å². The summed E-state index contributed by atoms with van der Waals surface area (Å²) in [6.45, 7) is 4.38. The Hall–Kier alpha value is -1.37. The largest absolute Gasteiger partial charge is 0.295 e. The van der Waals surface area contributed by atoms with E-state index in [4.69, 9.17) is 0 Å². The maximum atomic E-state index is 11.1. The monoisotopic (exact) mass is 200 g/mol. The van der Waals surface area contributed by atoms with Gasteiger partial charge in [-0.05, 0) is 35.1 Å². The lowest BCUT2D eigenvalue weighted by molar-refractivity contribution is -0.114. The van der Waals surface area contributed by atoms with E-state index in [-0.39, 0.29) is 5.78 Å². The summed E-state index contributed by atoms with van der Waals surface area (Å²) in [6, 6.07) is 8.56. The summed E-state index contributed by atoms with van der Waals surface area (Å²) in [5.74, 6) is 0.830. The molecule has 1 aromatic rings. The zero-order chi connectivity index (χ0) is 10.8. The van der Waals surface area contributed by atoms with E-state index in [1.807, 2.05) is 0 Å². The molecule has 78 valence electrons. The first kappa shape index (κ1) is 10.2. The van der Waals surface area contributed by atoms with Crippen molar-refractivity contribution in [2.45, 2.75) is 32.6 Å². The second-order valence-corrected chi connectivity index (χ2v) is 4.41. The van der Waals surface area contributed by atoms with Gasteiger partial charge in [-0.3, -0.25) is 4.79 Å². The van der Waals surface area contributed by atoms with Gasteiger partial charge in [0.15, 0.2) is 5.78 Å². The highest BCUT2D eigenvalue weighted by molar-refractivity contribution is 6.01. The fraction of sp³-hybridized carbons (Fsp3) is 0.357. The quantitative estimate of drug-likeness (QED) is 0.713. The maximum Gasteiger partial charge on any atom is 0.156 e. The predicted molar refractivity (Wildman–Crippen MR) is 62.7 cm³/mol. The molecule has 1 aromatic carbocycles. The molecular formula is C14H16O. The molecule has 0 atom stereocenters. The third-order valence-electron chi connectivity index (χ3n) is 2.92. The Balaban J connectivity index is 2.24. The number of ketones is 1. The summed E-state index contributed by atoms with van der Waals surface area (Å²) >= 11 is 0. The van der Waals surface area contributed by atoms with Gasteiger partial charge in [0.25, 0.3) is 0 Å². The molecule has 2 rings (SSSR count). The SMILES string of the molecule is CC(C)c1ccc(C2=CC(=O)CC2)cc1. The minimum absolute atomic E-state index is 0.262. The highest BCUT2D eigenvalue weighted by Crippen LogP contribution is 2.26. The number of allylic oxidation sites excluding steroid dienone is 2. The van der Waals surface area contributed by atoms with E-state index in [2.05, 4.69) is 38.1 Å². The molecule has 0 spiro atoms. The van der Waals surface area contributed by atoms with Gasteiger partial charge in [0.05, 0.1) is 0 Å². The zero-order valence-electron chi connectivity index (χ0n) is 9.29. The van der Waals surface area contributed by atoms with Crippen LogP contribution < -0.4 is 0 Å². The van der Waals surface area contributed by atoms with Crippen molar-refractivity contribution >= 4 is 11.4 Å². The van der Waals surface area contributed by atoms with Crippen LogP contribution in [0.25, 0.3) is 5.57 Å². The summed E-state index contributed by atoms with van der Waals surface area (Å²) in [7, 11) is 0. The average Bonchev–Trinajstić information content (AvgIpc) is 2.65. The first-order chi connectivity index (χ1) is 7.16. The van der Waals surface area contributed by atoms with Crippen molar-refractivity contribution in [3.05, 3.63) is 41.5 Å². The predicted octanol–water partition coefficient (Wildman–Crippen LogP) is 3.56. The van der Waals surface area contributed by atoms with Crippen LogP contribution in [0.5, 0.6) is 0 Å². The fourth-order valence-electron chi connectivity index (χ4n) is 1.91. The molecule has 1 nitrogen and oxygen atoms in total. The van der Waals surface area contributed by atoms with E-state index in [1.54, 1.807) is 6.08 Å². The van der Waals surface area contributed by atoms with Crippen LogP contribution in [0.2, 0.25) is 0 Å². The van der Waals surface area contributed by atoms with Crippen LogP contribution in [0.3, 0.4) is 0 Å². The topological polar surface area (TPSA) is 17.1 Å². The highest BCUT2D eigenvalue weighted by Gasteiger charge is 2.13. The lowest BCUT2D eigenvalue weighted by Gasteiger charge is -2.07. The fourth-order valence-corrected chi connectivity index (χ4v) is 1.91. The molecule has 0 saturated heterocycles. The molecule has 0 radical (unpaired) electrons. The standard InChI is InChI=1S/C14H16O/c1-10(2)11-3-5-12(6-4-11)13-7-8-14(15)9-13/h3-6,9-10H,7-8H2,1-2H3. The number of rotatable bonds is 2. The van der Waals surface area contributed by atoms with Gasteiger partial charge >= 0.3 is 0 Å². The molecule has 0 unspecified atom stereocenters. The molecule has 0 heterocycles.